The molecule has 0 saturated heterocycles. The maximum Gasteiger partial charge on any atom is 0.179 e. The molecule has 2 atom stereocenters. The Morgan fingerprint density at radius 1 is 1.60 bits per heavy atom. The average molecular weight is 199 g/mol. The second-order valence-electron chi connectivity index (χ2n) is 2.00. The first-order valence-electron chi connectivity index (χ1n) is 2.64. The van der Waals surface area contributed by atoms with Gasteiger partial charge in [-0.1, -0.05) is 29.3 Å². The summed E-state index contributed by atoms with van der Waals surface area (Å²) in [5.41, 5.74) is 0. The molecule has 0 saturated carbocycles. The Balaban J connectivity index is 2.89. The van der Waals surface area contributed by atoms with Crippen LogP contribution in [-0.2, 0) is 0 Å². The van der Waals surface area contributed by atoms with Gasteiger partial charge in [0.05, 0.1) is 0 Å². The number of aliphatic hydroxyl groups is 1. The lowest BCUT2D eigenvalue weighted by atomic mass is 10.1. The Morgan fingerprint density at radius 3 is 2.60 bits per heavy atom. The van der Waals surface area contributed by atoms with Gasteiger partial charge in [0.25, 0.3) is 0 Å². The van der Waals surface area contributed by atoms with Crippen LogP contribution in [-0.4, -0.2) is 15.5 Å². The Labute approximate surface area is 73.9 Å². The van der Waals surface area contributed by atoms with E-state index in [4.69, 9.17) is 34.8 Å². The highest BCUT2D eigenvalue weighted by atomic mass is 35.5. The molecule has 2 unspecified atom stereocenters. The quantitative estimate of drug-likeness (QED) is 0.593. The van der Waals surface area contributed by atoms with Crippen molar-refractivity contribution in [2.24, 2.45) is 0 Å². The smallest absolute Gasteiger partial charge is 0.179 e. The van der Waals surface area contributed by atoms with Crippen molar-refractivity contribution >= 4 is 34.8 Å². The minimum absolute atomic E-state index is 0.349. The fraction of sp³-hybridized carbons (Fsp3) is 0.333. The number of alkyl halides is 2. The van der Waals surface area contributed by atoms with Gasteiger partial charge in [-0.25, -0.2) is 0 Å². The van der Waals surface area contributed by atoms with E-state index in [9.17, 15) is 5.11 Å². The molecule has 10 heavy (non-hydrogen) atoms. The van der Waals surface area contributed by atoms with Crippen LogP contribution in [0.2, 0.25) is 0 Å². The molecule has 0 spiro atoms. The molecule has 0 aromatic carbocycles. The normalized spacial score (nSPS) is 39.6. The Kier molecular flexibility index (Phi) is 2.31. The Bertz CT molecular complexity index is 195. The largest absolute Gasteiger partial charge is 0.370 e. The van der Waals surface area contributed by atoms with E-state index in [1.54, 1.807) is 12.2 Å². The van der Waals surface area contributed by atoms with E-state index in [1.807, 2.05) is 0 Å². The van der Waals surface area contributed by atoms with Crippen molar-refractivity contribution in [3.05, 3.63) is 23.3 Å². The fourth-order valence-electron chi connectivity index (χ4n) is 0.637. The molecule has 1 rings (SSSR count). The van der Waals surface area contributed by atoms with Gasteiger partial charge in [-0.2, -0.15) is 0 Å². The lowest BCUT2D eigenvalue weighted by molar-refractivity contribution is 0.184. The van der Waals surface area contributed by atoms with Crippen molar-refractivity contribution in [2.45, 2.75) is 10.4 Å². The summed E-state index contributed by atoms with van der Waals surface area (Å²) < 4.78 is 0. The van der Waals surface area contributed by atoms with E-state index in [1.165, 1.54) is 6.08 Å². The van der Waals surface area contributed by atoms with Crippen LogP contribution < -0.4 is 0 Å². The highest BCUT2D eigenvalue weighted by molar-refractivity contribution is 6.42. The number of hydrogen-bond donors (Lipinski definition) is 1. The molecule has 4 heteroatoms. The number of hydrogen-bond acceptors (Lipinski definition) is 1. The SMILES string of the molecule is OC1(Cl)C=CC=C(Cl)C1Cl. The van der Waals surface area contributed by atoms with Crippen LogP contribution in [0.25, 0.3) is 0 Å². The summed E-state index contributed by atoms with van der Waals surface area (Å²) in [5, 5.41) is 7.30. The van der Waals surface area contributed by atoms with Gasteiger partial charge in [-0.15, -0.1) is 11.6 Å². The zero-order chi connectivity index (χ0) is 7.78. The van der Waals surface area contributed by atoms with Crippen molar-refractivity contribution in [2.75, 3.05) is 0 Å². The lowest BCUT2D eigenvalue weighted by Gasteiger charge is -2.24. The molecule has 56 valence electrons. The van der Waals surface area contributed by atoms with E-state index in [-0.39, 0.29) is 0 Å². The van der Waals surface area contributed by atoms with E-state index in [0.717, 1.165) is 0 Å². The molecule has 0 aromatic rings. The van der Waals surface area contributed by atoms with E-state index in [2.05, 4.69) is 0 Å². The van der Waals surface area contributed by atoms with Crippen molar-refractivity contribution in [1.29, 1.82) is 0 Å². The monoisotopic (exact) mass is 198 g/mol. The van der Waals surface area contributed by atoms with Crippen molar-refractivity contribution < 1.29 is 5.11 Å². The van der Waals surface area contributed by atoms with Gasteiger partial charge in [0.2, 0.25) is 0 Å². The van der Waals surface area contributed by atoms with E-state index >= 15 is 0 Å². The van der Waals surface area contributed by atoms with Crippen molar-refractivity contribution in [3.8, 4) is 0 Å². The van der Waals surface area contributed by atoms with E-state index < -0.39 is 10.4 Å². The zero-order valence-corrected chi connectivity index (χ0v) is 7.16. The molecule has 1 aliphatic carbocycles. The minimum Gasteiger partial charge on any atom is -0.370 e. The third-order valence-corrected chi connectivity index (χ3v) is 2.66. The van der Waals surface area contributed by atoms with Gasteiger partial charge < -0.3 is 5.11 Å². The van der Waals surface area contributed by atoms with Gasteiger partial charge in [0, 0.05) is 5.03 Å². The van der Waals surface area contributed by atoms with Crippen molar-refractivity contribution in [3.63, 3.8) is 0 Å². The lowest BCUT2D eigenvalue weighted by Crippen LogP contribution is -2.32. The summed E-state index contributed by atoms with van der Waals surface area (Å²) in [6, 6.07) is 0. The summed E-state index contributed by atoms with van der Waals surface area (Å²) >= 11 is 16.7. The third-order valence-electron chi connectivity index (χ3n) is 1.18. The molecule has 1 N–H and O–H groups in total. The van der Waals surface area contributed by atoms with Crippen LogP contribution in [0.1, 0.15) is 0 Å². The number of allylic oxidation sites excluding steroid dienone is 2. The molecule has 1 nitrogen and oxygen atoms in total. The molecule has 0 aromatic heterocycles. The van der Waals surface area contributed by atoms with Gasteiger partial charge in [-0.3, -0.25) is 0 Å². The van der Waals surface area contributed by atoms with Gasteiger partial charge >= 0.3 is 0 Å². The summed E-state index contributed by atoms with van der Waals surface area (Å²) in [5.74, 6) is 0. The molecular weight excluding hydrogens is 194 g/mol. The van der Waals surface area contributed by atoms with Gasteiger partial charge in [0.1, 0.15) is 5.38 Å². The maximum absolute atomic E-state index is 9.23. The second-order valence-corrected chi connectivity index (χ2v) is 3.48. The minimum atomic E-state index is -1.53. The molecule has 1 aliphatic rings. The first-order chi connectivity index (χ1) is 4.54. The molecule has 0 fully saturated rings. The van der Waals surface area contributed by atoms with E-state index in [0.29, 0.717) is 5.03 Å². The van der Waals surface area contributed by atoms with Crippen LogP contribution in [0.4, 0.5) is 0 Å². The molecule has 0 aliphatic heterocycles. The molecular formula is C6H5Cl3O. The molecule has 0 amide bonds. The van der Waals surface area contributed by atoms with Gasteiger partial charge in [0.15, 0.2) is 5.06 Å². The summed E-state index contributed by atoms with van der Waals surface area (Å²) in [4.78, 5) is 0. The maximum atomic E-state index is 9.23. The van der Waals surface area contributed by atoms with Crippen LogP contribution in [0.3, 0.4) is 0 Å². The van der Waals surface area contributed by atoms with Crippen LogP contribution in [0.15, 0.2) is 23.3 Å². The Hall–Kier alpha value is 0.310. The summed E-state index contributed by atoms with van der Waals surface area (Å²) in [6.07, 6.45) is 4.54. The topological polar surface area (TPSA) is 20.2 Å². The predicted molar refractivity (Wildman–Crippen MR) is 43.5 cm³/mol. The second kappa shape index (κ2) is 2.74. The van der Waals surface area contributed by atoms with Crippen LogP contribution in [0.5, 0.6) is 0 Å². The fourth-order valence-corrected chi connectivity index (χ4v) is 1.27. The highest BCUT2D eigenvalue weighted by Gasteiger charge is 2.34. The first-order valence-corrected chi connectivity index (χ1v) is 3.83. The molecule has 0 bridgehead atoms. The molecule has 0 radical (unpaired) electrons. The molecule has 0 heterocycles. The standard InChI is InChI=1S/C6H5Cl3O/c7-4-2-1-3-6(9,10)5(4)8/h1-3,5,10H. The highest BCUT2D eigenvalue weighted by Crippen LogP contribution is 2.33. The van der Waals surface area contributed by atoms with Gasteiger partial charge in [-0.05, 0) is 12.2 Å². The number of halogens is 3. The summed E-state index contributed by atoms with van der Waals surface area (Å²) in [7, 11) is 0. The summed E-state index contributed by atoms with van der Waals surface area (Å²) in [6.45, 7) is 0. The first kappa shape index (κ1) is 8.41. The van der Waals surface area contributed by atoms with Crippen molar-refractivity contribution in [1.82, 2.24) is 0 Å². The third kappa shape index (κ3) is 1.48. The zero-order valence-electron chi connectivity index (χ0n) is 4.89. The Morgan fingerprint density at radius 2 is 2.20 bits per heavy atom. The van der Waals surface area contributed by atoms with Crippen LogP contribution in [0, 0.1) is 0 Å². The van der Waals surface area contributed by atoms with Crippen LogP contribution >= 0.6 is 34.8 Å². The average Bonchev–Trinajstić information content (AvgIpc) is 1.83. The number of rotatable bonds is 0. The predicted octanol–water partition coefficient (Wildman–Crippen LogP) is 2.21.